The summed E-state index contributed by atoms with van der Waals surface area (Å²) in [5.74, 6) is 1.20. The predicted octanol–water partition coefficient (Wildman–Crippen LogP) is 4.99. The zero-order valence-corrected chi connectivity index (χ0v) is 13.7. The molecule has 0 saturated heterocycles. The van der Waals surface area contributed by atoms with Crippen molar-refractivity contribution in [2.75, 3.05) is 17.7 Å². The molecule has 5 nitrogen and oxygen atoms in total. The number of ether oxygens (including phenoxy) is 1. The highest BCUT2D eigenvalue weighted by atomic mass is 19.4. The van der Waals surface area contributed by atoms with Gasteiger partial charge < -0.3 is 15.4 Å². The Kier molecular flexibility index (Phi) is 4.92. The zero-order valence-electron chi connectivity index (χ0n) is 13.7. The van der Waals surface area contributed by atoms with Crippen molar-refractivity contribution in [3.05, 3.63) is 66.4 Å². The van der Waals surface area contributed by atoms with E-state index < -0.39 is 11.7 Å². The van der Waals surface area contributed by atoms with Gasteiger partial charge in [0.1, 0.15) is 11.6 Å². The smallest absolute Gasteiger partial charge is 0.418 e. The molecule has 2 N–H and O–H groups in total. The van der Waals surface area contributed by atoms with E-state index in [1.54, 1.807) is 31.4 Å². The first-order chi connectivity index (χ1) is 12.5. The first-order valence-corrected chi connectivity index (χ1v) is 7.63. The number of para-hydroxylation sites is 1. The Morgan fingerprint density at radius 1 is 0.923 bits per heavy atom. The van der Waals surface area contributed by atoms with Gasteiger partial charge in [-0.3, -0.25) is 0 Å². The molecule has 8 heteroatoms. The van der Waals surface area contributed by atoms with Crippen LogP contribution in [0, 0.1) is 0 Å². The Morgan fingerprint density at radius 2 is 1.65 bits per heavy atom. The summed E-state index contributed by atoms with van der Waals surface area (Å²) in [6, 6.07) is 13.8. The van der Waals surface area contributed by atoms with Crippen LogP contribution in [-0.2, 0) is 6.18 Å². The normalized spacial score (nSPS) is 11.1. The lowest BCUT2D eigenvalue weighted by Gasteiger charge is -2.14. The fourth-order valence-electron chi connectivity index (χ4n) is 2.27. The molecule has 3 aromatic rings. The van der Waals surface area contributed by atoms with Crippen LogP contribution in [0.15, 0.2) is 60.8 Å². The topological polar surface area (TPSA) is 59.1 Å². The minimum Gasteiger partial charge on any atom is -0.497 e. The molecule has 1 aromatic heterocycles. The summed E-state index contributed by atoms with van der Waals surface area (Å²) in [7, 11) is 1.57. The molecule has 0 fully saturated rings. The second-order valence-corrected chi connectivity index (χ2v) is 5.29. The fraction of sp³-hybridized carbons (Fsp3) is 0.111. The number of benzene rings is 2. The van der Waals surface area contributed by atoms with Crippen LogP contribution in [0.4, 0.5) is 36.3 Å². The van der Waals surface area contributed by atoms with Gasteiger partial charge >= 0.3 is 6.18 Å². The molecule has 26 heavy (non-hydrogen) atoms. The molecular weight excluding hydrogens is 345 g/mol. The number of nitrogens with one attached hydrogen (secondary N) is 2. The molecule has 0 atom stereocenters. The van der Waals surface area contributed by atoms with E-state index in [9.17, 15) is 13.2 Å². The number of halogens is 3. The molecule has 2 aromatic carbocycles. The monoisotopic (exact) mass is 360 g/mol. The summed E-state index contributed by atoms with van der Waals surface area (Å²) >= 11 is 0. The molecule has 0 aliphatic heterocycles. The Bertz CT molecular complexity index is 882. The van der Waals surface area contributed by atoms with Gasteiger partial charge in [0.25, 0.3) is 0 Å². The van der Waals surface area contributed by atoms with Crippen LogP contribution >= 0.6 is 0 Å². The second-order valence-electron chi connectivity index (χ2n) is 5.29. The van der Waals surface area contributed by atoms with Gasteiger partial charge in [-0.05, 0) is 42.5 Å². The summed E-state index contributed by atoms with van der Waals surface area (Å²) in [5.41, 5.74) is -0.115. The van der Waals surface area contributed by atoms with Crippen molar-refractivity contribution >= 4 is 23.1 Å². The summed E-state index contributed by atoms with van der Waals surface area (Å²) in [6.07, 6.45) is -3.00. The molecular formula is C18H15F3N4O. The number of hydrogen-bond acceptors (Lipinski definition) is 5. The third-order valence-corrected chi connectivity index (χ3v) is 3.50. The molecule has 1 heterocycles. The second kappa shape index (κ2) is 7.30. The van der Waals surface area contributed by atoms with Gasteiger partial charge in [0.2, 0.25) is 5.95 Å². The molecule has 0 bridgehead atoms. The van der Waals surface area contributed by atoms with Crippen molar-refractivity contribution in [2.45, 2.75) is 6.18 Å². The Morgan fingerprint density at radius 3 is 2.35 bits per heavy atom. The standard InChI is InChI=1S/C18H15F3N4O/c1-26-13-8-6-12(7-9-13)23-17-22-11-10-16(25-17)24-15-5-3-2-4-14(15)18(19,20)21/h2-11H,1H3,(H2,22,23,24,25). The Hall–Kier alpha value is -3.29. The Labute approximate surface area is 147 Å². The summed E-state index contributed by atoms with van der Waals surface area (Å²) in [5, 5.41) is 5.68. The van der Waals surface area contributed by atoms with Gasteiger partial charge in [-0.1, -0.05) is 12.1 Å². The maximum absolute atomic E-state index is 13.1. The average molecular weight is 360 g/mol. The quantitative estimate of drug-likeness (QED) is 0.671. The first kappa shape index (κ1) is 17.5. The van der Waals surface area contributed by atoms with Crippen molar-refractivity contribution in [2.24, 2.45) is 0 Å². The van der Waals surface area contributed by atoms with Crippen LogP contribution in [-0.4, -0.2) is 17.1 Å². The molecule has 0 saturated carbocycles. The van der Waals surface area contributed by atoms with Crippen LogP contribution in [0.1, 0.15) is 5.56 Å². The van der Waals surface area contributed by atoms with Crippen molar-refractivity contribution < 1.29 is 17.9 Å². The van der Waals surface area contributed by atoms with Gasteiger partial charge in [-0.25, -0.2) is 4.98 Å². The van der Waals surface area contributed by atoms with E-state index in [1.807, 2.05) is 0 Å². The number of aromatic nitrogens is 2. The Balaban J connectivity index is 1.80. The third kappa shape index (κ3) is 4.21. The number of anilines is 4. The molecule has 0 spiro atoms. The SMILES string of the molecule is COc1ccc(Nc2nccc(Nc3ccccc3C(F)(F)F)n2)cc1. The lowest BCUT2D eigenvalue weighted by atomic mass is 10.1. The van der Waals surface area contributed by atoms with Gasteiger partial charge in [0.05, 0.1) is 18.4 Å². The van der Waals surface area contributed by atoms with Crippen LogP contribution < -0.4 is 15.4 Å². The minimum absolute atomic E-state index is 0.0749. The van der Waals surface area contributed by atoms with Gasteiger partial charge in [-0.15, -0.1) is 0 Å². The number of methoxy groups -OCH3 is 1. The van der Waals surface area contributed by atoms with E-state index in [4.69, 9.17) is 4.74 Å². The average Bonchev–Trinajstić information content (AvgIpc) is 2.62. The number of alkyl halides is 3. The highest BCUT2D eigenvalue weighted by Crippen LogP contribution is 2.35. The maximum atomic E-state index is 13.1. The van der Waals surface area contributed by atoms with Crippen LogP contribution in [0.2, 0.25) is 0 Å². The highest BCUT2D eigenvalue weighted by molar-refractivity contribution is 5.63. The van der Waals surface area contributed by atoms with Gasteiger partial charge in [0.15, 0.2) is 0 Å². The fourth-order valence-corrected chi connectivity index (χ4v) is 2.27. The first-order valence-electron chi connectivity index (χ1n) is 7.63. The lowest BCUT2D eigenvalue weighted by Crippen LogP contribution is -2.09. The predicted molar refractivity (Wildman–Crippen MR) is 93.0 cm³/mol. The van der Waals surface area contributed by atoms with E-state index >= 15 is 0 Å². The maximum Gasteiger partial charge on any atom is 0.418 e. The molecule has 0 aliphatic carbocycles. The molecule has 0 unspecified atom stereocenters. The molecule has 134 valence electrons. The van der Waals surface area contributed by atoms with E-state index in [-0.39, 0.29) is 17.5 Å². The van der Waals surface area contributed by atoms with Crippen molar-refractivity contribution in [1.29, 1.82) is 0 Å². The van der Waals surface area contributed by atoms with Crippen LogP contribution in [0.25, 0.3) is 0 Å². The van der Waals surface area contributed by atoms with E-state index in [2.05, 4.69) is 20.6 Å². The van der Waals surface area contributed by atoms with E-state index in [0.29, 0.717) is 5.75 Å². The molecule has 3 rings (SSSR count). The lowest BCUT2D eigenvalue weighted by molar-refractivity contribution is -0.136. The molecule has 0 aliphatic rings. The van der Waals surface area contributed by atoms with Gasteiger partial charge in [0, 0.05) is 11.9 Å². The van der Waals surface area contributed by atoms with Crippen LogP contribution in [0.5, 0.6) is 5.75 Å². The molecule has 0 radical (unpaired) electrons. The summed E-state index contributed by atoms with van der Waals surface area (Å²) in [6.45, 7) is 0. The van der Waals surface area contributed by atoms with Crippen molar-refractivity contribution in [3.63, 3.8) is 0 Å². The zero-order chi connectivity index (χ0) is 18.6. The number of rotatable bonds is 5. The third-order valence-electron chi connectivity index (χ3n) is 3.50. The van der Waals surface area contributed by atoms with Crippen molar-refractivity contribution in [3.8, 4) is 5.75 Å². The van der Waals surface area contributed by atoms with Crippen molar-refractivity contribution in [1.82, 2.24) is 9.97 Å². The van der Waals surface area contributed by atoms with Gasteiger partial charge in [-0.2, -0.15) is 18.2 Å². The van der Waals surface area contributed by atoms with E-state index in [1.165, 1.54) is 30.5 Å². The number of hydrogen-bond donors (Lipinski definition) is 2. The van der Waals surface area contributed by atoms with Crippen LogP contribution in [0.3, 0.4) is 0 Å². The number of nitrogens with zero attached hydrogens (tertiary/aromatic N) is 2. The summed E-state index contributed by atoms with van der Waals surface area (Å²) in [4.78, 5) is 8.27. The molecule has 0 amide bonds. The van der Waals surface area contributed by atoms with E-state index in [0.717, 1.165) is 11.8 Å². The summed E-state index contributed by atoms with van der Waals surface area (Å²) < 4.78 is 44.3. The largest absolute Gasteiger partial charge is 0.497 e. The minimum atomic E-state index is -4.46. The highest BCUT2D eigenvalue weighted by Gasteiger charge is 2.33.